The van der Waals surface area contributed by atoms with Crippen molar-refractivity contribution in [3.63, 3.8) is 0 Å². The average molecular weight is 406 g/mol. The van der Waals surface area contributed by atoms with Gasteiger partial charge in [0, 0.05) is 5.41 Å². The van der Waals surface area contributed by atoms with Crippen LogP contribution in [0.15, 0.2) is 60.7 Å². The molecule has 2 atom stereocenters. The highest BCUT2D eigenvalue weighted by Gasteiger charge is 2.75. The van der Waals surface area contributed by atoms with Crippen LogP contribution in [0.3, 0.4) is 0 Å². The van der Waals surface area contributed by atoms with Crippen molar-refractivity contribution in [1.82, 2.24) is 10.9 Å². The largest absolute Gasteiger partial charge is 0.448 e. The first-order valence-corrected chi connectivity index (χ1v) is 10.2. The van der Waals surface area contributed by atoms with E-state index in [-0.39, 0.29) is 11.9 Å². The van der Waals surface area contributed by atoms with E-state index in [1.165, 1.54) is 0 Å². The van der Waals surface area contributed by atoms with Crippen molar-refractivity contribution in [2.75, 3.05) is 0 Å². The van der Waals surface area contributed by atoms with Crippen LogP contribution in [-0.4, -0.2) is 23.4 Å². The summed E-state index contributed by atoms with van der Waals surface area (Å²) in [5.41, 5.74) is 4.08. The first-order valence-electron chi connectivity index (χ1n) is 10.2. The van der Waals surface area contributed by atoms with Gasteiger partial charge in [0.2, 0.25) is 5.91 Å². The lowest BCUT2D eigenvalue weighted by Crippen LogP contribution is -2.58. The fourth-order valence-corrected chi connectivity index (χ4v) is 4.82. The lowest BCUT2D eigenvalue weighted by molar-refractivity contribution is -0.168. The van der Waals surface area contributed by atoms with E-state index in [2.05, 4.69) is 10.9 Å². The molecule has 0 aromatic heterocycles. The molecule has 1 heterocycles. The number of esters is 1. The van der Waals surface area contributed by atoms with Crippen molar-refractivity contribution < 1.29 is 19.1 Å². The third-order valence-electron chi connectivity index (χ3n) is 7.28. The number of ether oxygens (including phenoxy) is 1. The number of fused-ring (bicyclic) bond motifs is 2. The number of hydrazine groups is 1. The van der Waals surface area contributed by atoms with Crippen LogP contribution in [0, 0.1) is 10.8 Å². The summed E-state index contributed by atoms with van der Waals surface area (Å²) in [5.74, 6) is -1.79. The highest BCUT2D eigenvalue weighted by atomic mass is 16.6. The molecule has 2 bridgehead atoms. The van der Waals surface area contributed by atoms with E-state index in [9.17, 15) is 14.4 Å². The monoisotopic (exact) mass is 406 g/mol. The van der Waals surface area contributed by atoms with Crippen LogP contribution >= 0.6 is 0 Å². The molecule has 0 radical (unpaired) electrons. The second-order valence-electron chi connectivity index (χ2n) is 8.87. The molecule has 2 unspecified atom stereocenters. The number of amides is 2. The van der Waals surface area contributed by atoms with Crippen molar-refractivity contribution in [3.05, 3.63) is 71.8 Å². The van der Waals surface area contributed by atoms with Gasteiger partial charge < -0.3 is 4.74 Å². The molecule has 6 heteroatoms. The Balaban J connectivity index is 1.55. The van der Waals surface area contributed by atoms with Crippen LogP contribution in [0.5, 0.6) is 0 Å². The maximum absolute atomic E-state index is 13.1. The van der Waals surface area contributed by atoms with Crippen LogP contribution in [0.4, 0.5) is 0 Å². The molecule has 0 spiro atoms. The topological polar surface area (TPSA) is 84.5 Å². The number of carbonyl (C=O) groups is 3. The summed E-state index contributed by atoms with van der Waals surface area (Å²) in [6.07, 6.45) is 1.02. The molecule has 156 valence electrons. The smallest absolute Gasteiger partial charge is 0.313 e. The summed E-state index contributed by atoms with van der Waals surface area (Å²) in [6, 6.07) is 18.8. The van der Waals surface area contributed by atoms with Gasteiger partial charge in [0.25, 0.3) is 5.91 Å². The second kappa shape index (κ2) is 6.97. The van der Waals surface area contributed by atoms with E-state index in [0.29, 0.717) is 12.8 Å². The van der Waals surface area contributed by atoms with E-state index in [1.54, 1.807) is 0 Å². The lowest BCUT2D eigenvalue weighted by Gasteiger charge is -2.35. The maximum Gasteiger partial charge on any atom is 0.313 e. The van der Waals surface area contributed by atoms with Gasteiger partial charge in [-0.3, -0.25) is 25.2 Å². The third kappa shape index (κ3) is 2.74. The van der Waals surface area contributed by atoms with Gasteiger partial charge in [-0.15, -0.1) is 0 Å². The quantitative estimate of drug-likeness (QED) is 0.604. The summed E-state index contributed by atoms with van der Waals surface area (Å²) in [5, 5.41) is 0. The number of hydrogen-bond donors (Lipinski definition) is 2. The minimum absolute atomic E-state index is 0.355. The highest BCUT2D eigenvalue weighted by Crippen LogP contribution is 2.65. The Kier molecular flexibility index (Phi) is 4.68. The average Bonchev–Trinajstić information content (AvgIpc) is 3.04. The molecule has 2 aromatic rings. The van der Waals surface area contributed by atoms with Crippen molar-refractivity contribution in [2.45, 2.75) is 45.1 Å². The number of hydrogen-bond acceptors (Lipinski definition) is 4. The molecule has 2 fully saturated rings. The zero-order valence-corrected chi connectivity index (χ0v) is 17.4. The van der Waals surface area contributed by atoms with Crippen molar-refractivity contribution in [1.29, 1.82) is 0 Å². The highest BCUT2D eigenvalue weighted by molar-refractivity contribution is 5.97. The Bertz CT molecular complexity index is 949. The zero-order valence-electron chi connectivity index (χ0n) is 17.4. The number of nitrogens with one attached hydrogen (secondary N) is 2. The molecule has 1 aliphatic heterocycles. The number of carbonyl (C=O) groups excluding carboxylic acids is 3. The molecule has 2 N–H and O–H groups in total. The van der Waals surface area contributed by atoms with Gasteiger partial charge in [-0.05, 0) is 30.9 Å². The molecule has 1 saturated heterocycles. The van der Waals surface area contributed by atoms with Gasteiger partial charge in [0.1, 0.15) is 0 Å². The summed E-state index contributed by atoms with van der Waals surface area (Å²) < 4.78 is 5.59. The van der Waals surface area contributed by atoms with Crippen LogP contribution in [0.25, 0.3) is 0 Å². The van der Waals surface area contributed by atoms with Crippen LogP contribution in [0.2, 0.25) is 0 Å². The van der Waals surface area contributed by atoms with E-state index in [1.807, 2.05) is 81.4 Å². The Morgan fingerprint density at radius 1 is 0.867 bits per heavy atom. The first kappa shape index (κ1) is 20.1. The van der Waals surface area contributed by atoms with Gasteiger partial charge in [-0.25, -0.2) is 0 Å². The van der Waals surface area contributed by atoms with E-state index in [0.717, 1.165) is 11.1 Å². The molecule has 2 aliphatic rings. The predicted molar refractivity (Wildman–Crippen MR) is 111 cm³/mol. The van der Waals surface area contributed by atoms with Crippen molar-refractivity contribution >= 4 is 17.8 Å². The number of benzene rings is 2. The van der Waals surface area contributed by atoms with Crippen molar-refractivity contribution in [2.24, 2.45) is 10.8 Å². The molecule has 2 amide bonds. The molecule has 6 nitrogen and oxygen atoms in total. The molecular formula is C24H26N2O4. The molecular weight excluding hydrogens is 380 g/mol. The van der Waals surface area contributed by atoms with Gasteiger partial charge in [0.15, 0.2) is 5.60 Å². The normalized spacial score (nSPS) is 26.3. The summed E-state index contributed by atoms with van der Waals surface area (Å²) >= 11 is 0. The standard InChI is InChI=1S/C24H26N2O4/c1-22(2)23(3)14-15-24(22,30-21(23)29)20(28)26-25-19(27)18(16-10-6-4-7-11-16)17-12-8-5-9-13-17/h4-13,18H,14-15H2,1-3H3,(H,25,27)(H,26,28). The van der Waals surface area contributed by atoms with Crippen molar-refractivity contribution in [3.8, 4) is 0 Å². The Morgan fingerprint density at radius 2 is 1.40 bits per heavy atom. The van der Waals surface area contributed by atoms with Gasteiger partial charge >= 0.3 is 5.97 Å². The number of rotatable bonds is 4. The second-order valence-corrected chi connectivity index (χ2v) is 8.87. The first-order chi connectivity index (χ1) is 14.2. The fourth-order valence-electron chi connectivity index (χ4n) is 4.82. The zero-order chi connectivity index (χ0) is 21.6. The fraction of sp³-hybridized carbons (Fsp3) is 0.375. The Hall–Kier alpha value is -3.15. The minimum Gasteiger partial charge on any atom is -0.448 e. The van der Waals surface area contributed by atoms with E-state index >= 15 is 0 Å². The summed E-state index contributed by atoms with van der Waals surface area (Å²) in [4.78, 5) is 38.7. The summed E-state index contributed by atoms with van der Waals surface area (Å²) in [6.45, 7) is 5.60. The van der Waals surface area contributed by atoms with Crippen LogP contribution < -0.4 is 10.9 Å². The minimum atomic E-state index is -1.28. The predicted octanol–water partition coefficient (Wildman–Crippen LogP) is 3.09. The van der Waals surface area contributed by atoms with Gasteiger partial charge in [-0.1, -0.05) is 74.5 Å². The van der Waals surface area contributed by atoms with E-state index in [4.69, 9.17) is 4.74 Å². The Morgan fingerprint density at radius 3 is 1.83 bits per heavy atom. The van der Waals surface area contributed by atoms with Gasteiger partial charge in [-0.2, -0.15) is 0 Å². The molecule has 2 aromatic carbocycles. The Labute approximate surface area is 176 Å². The van der Waals surface area contributed by atoms with Gasteiger partial charge in [0.05, 0.1) is 11.3 Å². The molecule has 1 saturated carbocycles. The summed E-state index contributed by atoms with van der Waals surface area (Å²) in [7, 11) is 0. The molecule has 1 aliphatic carbocycles. The van der Waals surface area contributed by atoms with E-state index < -0.39 is 28.3 Å². The molecule has 30 heavy (non-hydrogen) atoms. The van der Waals surface area contributed by atoms with Crippen LogP contribution in [-0.2, 0) is 19.1 Å². The maximum atomic E-state index is 13.1. The third-order valence-corrected chi connectivity index (χ3v) is 7.28. The molecule has 4 rings (SSSR count). The van der Waals surface area contributed by atoms with Crippen LogP contribution in [0.1, 0.15) is 50.7 Å². The SMILES string of the molecule is CC12CCC(C(=O)NNC(=O)C(c3ccccc3)c3ccccc3)(OC1=O)C2(C)C. The lowest BCUT2D eigenvalue weighted by atomic mass is 9.66.